The number of nitrogens with one attached hydrogen (secondary N) is 2. The fourth-order valence-electron chi connectivity index (χ4n) is 5.62. The lowest BCUT2D eigenvalue weighted by Crippen LogP contribution is -2.52. The number of likely N-dealkylation sites (N-methyl/N-ethyl adjacent to an activating group) is 1. The predicted octanol–water partition coefficient (Wildman–Crippen LogP) is 3.95. The fourth-order valence-corrected chi connectivity index (χ4v) is 5.62. The zero-order valence-electron chi connectivity index (χ0n) is 21.2. The lowest BCUT2D eigenvalue weighted by molar-refractivity contribution is -0.136. The fraction of sp³-hybridized carbons (Fsp3) is 0.357. The number of halogens is 2. The Labute approximate surface area is 218 Å². The second-order valence-electron chi connectivity index (χ2n) is 10.5. The van der Waals surface area contributed by atoms with E-state index in [2.05, 4.69) is 16.4 Å². The minimum Gasteiger partial charge on any atom is -0.350 e. The van der Waals surface area contributed by atoms with E-state index in [1.165, 1.54) is 22.9 Å². The zero-order chi connectivity index (χ0) is 27.4. The van der Waals surface area contributed by atoms with E-state index in [9.17, 15) is 28.4 Å². The van der Waals surface area contributed by atoms with Gasteiger partial charge in [0.2, 0.25) is 11.8 Å². The highest BCUT2D eigenvalue weighted by molar-refractivity contribution is 6.07. The van der Waals surface area contributed by atoms with Gasteiger partial charge >= 0.3 is 0 Å². The van der Waals surface area contributed by atoms with Gasteiger partial charge in [-0.1, -0.05) is 32.0 Å². The van der Waals surface area contributed by atoms with Crippen molar-refractivity contribution in [1.29, 1.82) is 5.26 Å². The van der Waals surface area contributed by atoms with E-state index >= 15 is 0 Å². The van der Waals surface area contributed by atoms with Gasteiger partial charge in [-0.2, -0.15) is 5.26 Å². The van der Waals surface area contributed by atoms with Gasteiger partial charge in [0, 0.05) is 42.7 Å². The largest absolute Gasteiger partial charge is 0.350 e. The predicted molar refractivity (Wildman–Crippen MR) is 136 cm³/mol. The number of rotatable bonds is 5. The van der Waals surface area contributed by atoms with Crippen molar-refractivity contribution < 1.29 is 23.2 Å². The van der Waals surface area contributed by atoms with E-state index in [1.54, 1.807) is 6.07 Å². The molecule has 0 radical (unpaired) electrons. The van der Waals surface area contributed by atoms with Crippen LogP contribution in [0.5, 0.6) is 0 Å². The van der Waals surface area contributed by atoms with Crippen LogP contribution >= 0.6 is 0 Å². The number of carbonyl (C=O) groups excluding carboxylic acids is 3. The standard InChI is InChI=1S/C28H27F2N5O3/c1-15(2)8-24(34(3)25(36)23-10-16-9-19(29)20(30)11-22(16)32-23)26(37)35-14-28(12-17(35)13-31)18-6-4-5-7-21(18)33-27(28)38/h4-7,9-11,15,17,24,32H,8,12,14H2,1-3H3,(H,33,38)/t17?,24-,28-/m0/s1. The highest BCUT2D eigenvalue weighted by atomic mass is 19.2. The molecule has 1 spiro atoms. The average molecular weight is 520 g/mol. The third kappa shape index (κ3) is 3.99. The van der Waals surface area contributed by atoms with Gasteiger partial charge < -0.3 is 20.1 Å². The molecule has 1 saturated heterocycles. The molecule has 2 N–H and O–H groups in total. The summed E-state index contributed by atoms with van der Waals surface area (Å²) in [6, 6.07) is 11.0. The summed E-state index contributed by atoms with van der Waals surface area (Å²) < 4.78 is 27.4. The molecule has 3 heterocycles. The SMILES string of the molecule is CC(C)C[C@@H](C(=O)N1C[C@]2(CC1C#N)C(=O)Nc1ccccc12)N(C)C(=O)c1cc2cc(F)c(F)cc2[nH]1. The molecule has 196 valence electrons. The number of hydrogen-bond donors (Lipinski definition) is 2. The smallest absolute Gasteiger partial charge is 0.270 e. The van der Waals surface area contributed by atoms with Crippen molar-refractivity contribution in [3.05, 3.63) is 65.4 Å². The Kier molecular flexibility index (Phi) is 6.18. The summed E-state index contributed by atoms with van der Waals surface area (Å²) in [7, 11) is 1.49. The van der Waals surface area contributed by atoms with Crippen LogP contribution in [0.3, 0.4) is 0 Å². The third-order valence-corrected chi connectivity index (χ3v) is 7.58. The number of anilines is 1. The quantitative estimate of drug-likeness (QED) is 0.532. The molecule has 1 unspecified atom stereocenters. The molecule has 10 heteroatoms. The van der Waals surface area contributed by atoms with Crippen LogP contribution in [0.2, 0.25) is 0 Å². The van der Waals surface area contributed by atoms with Gasteiger partial charge in [-0.25, -0.2) is 8.78 Å². The first-order valence-corrected chi connectivity index (χ1v) is 12.4. The Balaban J connectivity index is 1.46. The Morgan fingerprint density at radius 3 is 2.63 bits per heavy atom. The number of para-hydroxylation sites is 1. The summed E-state index contributed by atoms with van der Waals surface area (Å²) >= 11 is 0. The van der Waals surface area contributed by atoms with E-state index in [4.69, 9.17) is 0 Å². The van der Waals surface area contributed by atoms with Gasteiger partial charge in [-0.3, -0.25) is 14.4 Å². The number of aromatic nitrogens is 1. The number of H-pyrrole nitrogens is 1. The van der Waals surface area contributed by atoms with Crippen LogP contribution in [-0.2, 0) is 15.0 Å². The minimum atomic E-state index is -1.04. The van der Waals surface area contributed by atoms with Crippen molar-refractivity contribution in [2.75, 3.05) is 18.9 Å². The Morgan fingerprint density at radius 2 is 1.92 bits per heavy atom. The van der Waals surface area contributed by atoms with Gasteiger partial charge in [-0.05, 0) is 36.1 Å². The number of hydrogen-bond acceptors (Lipinski definition) is 4. The topological polar surface area (TPSA) is 109 Å². The number of amides is 3. The summed E-state index contributed by atoms with van der Waals surface area (Å²) in [6.45, 7) is 3.86. The number of aromatic amines is 1. The lowest BCUT2D eigenvalue weighted by Gasteiger charge is -2.33. The van der Waals surface area contributed by atoms with Crippen molar-refractivity contribution in [3.63, 3.8) is 0 Å². The third-order valence-electron chi connectivity index (χ3n) is 7.58. The maximum atomic E-state index is 14.0. The summed E-state index contributed by atoms with van der Waals surface area (Å²) in [6.07, 6.45) is 0.471. The van der Waals surface area contributed by atoms with Crippen molar-refractivity contribution in [1.82, 2.24) is 14.8 Å². The molecule has 2 aromatic carbocycles. The molecule has 0 bridgehead atoms. The molecule has 5 rings (SSSR count). The summed E-state index contributed by atoms with van der Waals surface area (Å²) in [5, 5.41) is 13.1. The number of nitriles is 1. The Bertz CT molecular complexity index is 1470. The second kappa shape index (κ2) is 9.24. The highest BCUT2D eigenvalue weighted by Gasteiger charge is 2.56. The minimum absolute atomic E-state index is 0.0223. The van der Waals surface area contributed by atoms with E-state index in [0.29, 0.717) is 17.5 Å². The van der Waals surface area contributed by atoms with Crippen LogP contribution in [0.25, 0.3) is 10.9 Å². The van der Waals surface area contributed by atoms with Crippen LogP contribution in [0.4, 0.5) is 14.5 Å². The van der Waals surface area contributed by atoms with E-state index in [1.807, 2.05) is 32.0 Å². The summed E-state index contributed by atoms with van der Waals surface area (Å²) in [5.74, 6) is -3.26. The van der Waals surface area contributed by atoms with Crippen LogP contribution < -0.4 is 5.32 Å². The van der Waals surface area contributed by atoms with Crippen LogP contribution in [0.1, 0.15) is 42.7 Å². The van der Waals surface area contributed by atoms with E-state index in [0.717, 1.165) is 17.7 Å². The summed E-state index contributed by atoms with van der Waals surface area (Å²) in [4.78, 5) is 46.1. The molecule has 8 nitrogen and oxygen atoms in total. The molecular weight excluding hydrogens is 492 g/mol. The number of nitrogens with zero attached hydrogens (tertiary/aromatic N) is 3. The maximum Gasteiger partial charge on any atom is 0.270 e. The zero-order valence-corrected chi connectivity index (χ0v) is 21.2. The first kappa shape index (κ1) is 25.4. The van der Waals surface area contributed by atoms with Gasteiger partial charge in [0.15, 0.2) is 11.6 Å². The summed E-state index contributed by atoms with van der Waals surface area (Å²) in [5.41, 5.74) is 0.712. The monoisotopic (exact) mass is 519 g/mol. The van der Waals surface area contributed by atoms with Crippen molar-refractivity contribution in [2.24, 2.45) is 5.92 Å². The molecule has 0 saturated carbocycles. The van der Waals surface area contributed by atoms with Crippen molar-refractivity contribution >= 4 is 34.3 Å². The number of likely N-dealkylation sites (tertiary alicyclic amines) is 1. The average Bonchev–Trinajstić information content (AvgIpc) is 3.56. The molecule has 3 amide bonds. The lowest BCUT2D eigenvalue weighted by atomic mass is 9.80. The molecular formula is C28H27F2N5O3. The first-order valence-electron chi connectivity index (χ1n) is 12.4. The maximum absolute atomic E-state index is 14.0. The van der Waals surface area contributed by atoms with E-state index < -0.39 is 40.9 Å². The molecule has 38 heavy (non-hydrogen) atoms. The van der Waals surface area contributed by atoms with Crippen LogP contribution in [0.15, 0.2) is 42.5 Å². The normalized spacial score (nSPS) is 21.0. The number of benzene rings is 2. The van der Waals surface area contributed by atoms with Gasteiger partial charge in [0.25, 0.3) is 5.91 Å². The Morgan fingerprint density at radius 1 is 1.21 bits per heavy atom. The van der Waals surface area contributed by atoms with Gasteiger partial charge in [0.05, 0.1) is 11.5 Å². The molecule has 2 aliphatic rings. The van der Waals surface area contributed by atoms with Gasteiger partial charge in [0.1, 0.15) is 17.8 Å². The molecule has 1 aromatic heterocycles. The number of fused-ring (bicyclic) bond motifs is 3. The van der Waals surface area contributed by atoms with Crippen molar-refractivity contribution in [3.8, 4) is 6.07 Å². The molecule has 3 aromatic rings. The molecule has 2 aliphatic heterocycles. The first-order chi connectivity index (χ1) is 18.1. The van der Waals surface area contributed by atoms with Gasteiger partial charge in [-0.15, -0.1) is 0 Å². The van der Waals surface area contributed by atoms with E-state index in [-0.39, 0.29) is 36.0 Å². The molecule has 0 aliphatic carbocycles. The molecule has 1 fully saturated rings. The highest BCUT2D eigenvalue weighted by Crippen LogP contribution is 2.46. The van der Waals surface area contributed by atoms with Crippen LogP contribution in [0, 0.1) is 28.9 Å². The second-order valence-corrected chi connectivity index (χ2v) is 10.5. The Hall–Kier alpha value is -4.26. The number of carbonyl (C=O) groups is 3. The van der Waals surface area contributed by atoms with Crippen molar-refractivity contribution in [2.45, 2.75) is 44.2 Å². The molecule has 3 atom stereocenters. The van der Waals surface area contributed by atoms with Crippen LogP contribution in [-0.4, -0.2) is 58.2 Å².